The summed E-state index contributed by atoms with van der Waals surface area (Å²) in [5.74, 6) is 0.900. The minimum absolute atomic E-state index is 0.194. The van der Waals surface area contributed by atoms with Crippen molar-refractivity contribution in [1.29, 1.82) is 0 Å². The van der Waals surface area contributed by atoms with Crippen LogP contribution in [0.4, 0.5) is 28.8 Å². The number of hydrogen-bond donors (Lipinski definition) is 4. The molecule has 0 radical (unpaired) electrons. The molecule has 0 aliphatic carbocycles. The smallest absolute Gasteiger partial charge is 0.253 e. The van der Waals surface area contributed by atoms with E-state index < -0.39 is 10.9 Å². The van der Waals surface area contributed by atoms with E-state index in [2.05, 4.69) is 25.9 Å². The lowest BCUT2D eigenvalue weighted by Gasteiger charge is -2.24. The Morgan fingerprint density at radius 1 is 1.00 bits per heavy atom. The first kappa shape index (κ1) is 18.4. The molecule has 27 heavy (non-hydrogen) atoms. The van der Waals surface area contributed by atoms with Crippen LogP contribution in [0.3, 0.4) is 0 Å². The van der Waals surface area contributed by atoms with Gasteiger partial charge in [-0.2, -0.15) is 4.98 Å². The number of rotatable bonds is 5. The Labute approximate surface area is 156 Å². The predicted octanol–water partition coefficient (Wildman–Crippen LogP) is 2.78. The Kier molecular flexibility index (Phi) is 4.57. The highest BCUT2D eigenvalue weighted by Crippen LogP contribution is 2.24. The van der Waals surface area contributed by atoms with Crippen LogP contribution in [0.15, 0.2) is 40.1 Å². The summed E-state index contributed by atoms with van der Waals surface area (Å²) in [5, 5.41) is 18.6. The van der Waals surface area contributed by atoms with Crippen LogP contribution in [0.5, 0.6) is 5.75 Å². The molecule has 0 aliphatic rings. The number of nitrogens with zero attached hydrogens (tertiary/aromatic N) is 2. The van der Waals surface area contributed by atoms with Gasteiger partial charge in [0.05, 0.1) is 0 Å². The average Bonchev–Trinajstić information content (AvgIpc) is 2.60. The third-order valence-electron chi connectivity index (χ3n) is 3.77. The molecule has 0 spiro atoms. The third-order valence-corrected chi connectivity index (χ3v) is 3.77. The SMILES string of the molecule is Cc1cc(Nc2nccc(Nc3c(NC(C)(C)C)c(=O)c3=O)n2)ccc1O. The van der Waals surface area contributed by atoms with Gasteiger partial charge in [0.25, 0.3) is 10.9 Å². The summed E-state index contributed by atoms with van der Waals surface area (Å²) in [5.41, 5.74) is 0.411. The van der Waals surface area contributed by atoms with E-state index in [1.807, 2.05) is 20.8 Å². The topological polar surface area (TPSA) is 116 Å². The zero-order chi connectivity index (χ0) is 19.8. The van der Waals surface area contributed by atoms with Crippen LogP contribution < -0.4 is 26.8 Å². The molecule has 0 bridgehead atoms. The molecule has 2 aromatic carbocycles. The van der Waals surface area contributed by atoms with E-state index in [9.17, 15) is 14.7 Å². The molecule has 0 fully saturated rings. The van der Waals surface area contributed by atoms with Gasteiger partial charge in [-0.1, -0.05) is 0 Å². The molecule has 0 saturated heterocycles. The molecule has 0 aliphatic heterocycles. The summed E-state index contributed by atoms with van der Waals surface area (Å²) in [4.78, 5) is 32.2. The van der Waals surface area contributed by atoms with Gasteiger partial charge < -0.3 is 21.1 Å². The van der Waals surface area contributed by atoms with Gasteiger partial charge in [-0.3, -0.25) is 9.59 Å². The Balaban J connectivity index is 1.81. The van der Waals surface area contributed by atoms with E-state index in [1.165, 1.54) is 6.20 Å². The van der Waals surface area contributed by atoms with Crippen molar-refractivity contribution in [3.8, 4) is 5.75 Å². The molecule has 140 valence electrons. The first-order chi connectivity index (χ1) is 12.6. The lowest BCUT2D eigenvalue weighted by atomic mass is 10.1. The van der Waals surface area contributed by atoms with Crippen molar-refractivity contribution in [2.75, 3.05) is 16.0 Å². The fraction of sp³-hybridized carbons (Fsp3) is 0.263. The standard InChI is InChI=1S/C19H21N5O3/c1-10-9-11(5-6-12(10)25)21-18-20-8-7-13(23-18)22-14-15(17(27)16(14)26)24-19(2,3)4/h5-9,24-25H,1-4H3,(H2,20,21,22,23). The van der Waals surface area contributed by atoms with E-state index in [1.54, 1.807) is 31.2 Å². The maximum absolute atomic E-state index is 11.9. The van der Waals surface area contributed by atoms with E-state index in [0.717, 1.165) is 5.56 Å². The second-order valence-corrected chi connectivity index (χ2v) is 7.30. The van der Waals surface area contributed by atoms with E-state index in [-0.39, 0.29) is 22.7 Å². The molecule has 0 unspecified atom stereocenters. The number of phenols is 1. The summed E-state index contributed by atoms with van der Waals surface area (Å²) in [6.45, 7) is 7.49. The number of phenolic OH excluding ortho intramolecular Hbond substituents is 1. The summed E-state index contributed by atoms with van der Waals surface area (Å²) in [6, 6.07) is 6.65. The van der Waals surface area contributed by atoms with Crippen LogP contribution in [0.1, 0.15) is 26.3 Å². The van der Waals surface area contributed by atoms with Gasteiger partial charge in [0.2, 0.25) is 5.95 Å². The second-order valence-electron chi connectivity index (χ2n) is 7.30. The molecule has 0 amide bonds. The highest BCUT2D eigenvalue weighted by atomic mass is 16.3. The molecule has 3 aromatic rings. The molecule has 4 N–H and O–H groups in total. The fourth-order valence-electron chi connectivity index (χ4n) is 2.48. The van der Waals surface area contributed by atoms with Crippen molar-refractivity contribution in [2.45, 2.75) is 33.2 Å². The summed E-state index contributed by atoms with van der Waals surface area (Å²) in [6.07, 6.45) is 1.54. The molecule has 0 saturated carbocycles. The van der Waals surface area contributed by atoms with Gasteiger partial charge in [-0.15, -0.1) is 0 Å². The van der Waals surface area contributed by atoms with Gasteiger partial charge in [-0.25, -0.2) is 4.98 Å². The van der Waals surface area contributed by atoms with E-state index >= 15 is 0 Å². The molecular weight excluding hydrogens is 346 g/mol. The molecule has 3 rings (SSSR count). The van der Waals surface area contributed by atoms with Gasteiger partial charge in [0.15, 0.2) is 0 Å². The van der Waals surface area contributed by atoms with Gasteiger partial charge in [0, 0.05) is 17.4 Å². The molecule has 8 heteroatoms. The Hall–Kier alpha value is -3.42. The maximum atomic E-state index is 11.9. The van der Waals surface area contributed by atoms with Crippen molar-refractivity contribution >= 4 is 28.8 Å². The predicted molar refractivity (Wildman–Crippen MR) is 106 cm³/mol. The van der Waals surface area contributed by atoms with Crippen molar-refractivity contribution < 1.29 is 5.11 Å². The quantitative estimate of drug-likeness (QED) is 0.402. The number of hydrogen-bond acceptors (Lipinski definition) is 8. The molecular formula is C19H21N5O3. The van der Waals surface area contributed by atoms with Gasteiger partial charge >= 0.3 is 0 Å². The molecule has 1 aromatic heterocycles. The number of aryl methyl sites for hydroxylation is 1. The largest absolute Gasteiger partial charge is 0.508 e. The van der Waals surface area contributed by atoms with Crippen LogP contribution >= 0.6 is 0 Å². The van der Waals surface area contributed by atoms with Crippen molar-refractivity contribution in [1.82, 2.24) is 9.97 Å². The lowest BCUT2D eigenvalue weighted by Crippen LogP contribution is -2.41. The molecule has 1 heterocycles. The molecule has 8 nitrogen and oxygen atoms in total. The van der Waals surface area contributed by atoms with Crippen LogP contribution in [0.2, 0.25) is 0 Å². The number of benzene rings is 1. The maximum Gasteiger partial charge on any atom is 0.253 e. The van der Waals surface area contributed by atoms with Gasteiger partial charge in [0.1, 0.15) is 22.9 Å². The second kappa shape index (κ2) is 6.71. The fourth-order valence-corrected chi connectivity index (χ4v) is 2.48. The van der Waals surface area contributed by atoms with Crippen LogP contribution in [0.25, 0.3) is 0 Å². The van der Waals surface area contributed by atoms with Gasteiger partial charge in [-0.05, 0) is 57.5 Å². The number of aromatic nitrogens is 2. The summed E-state index contributed by atoms with van der Waals surface area (Å²) in [7, 11) is 0. The van der Waals surface area contributed by atoms with E-state index in [4.69, 9.17) is 0 Å². The summed E-state index contributed by atoms with van der Waals surface area (Å²) < 4.78 is 0. The third kappa shape index (κ3) is 4.05. The first-order valence-corrected chi connectivity index (χ1v) is 8.42. The zero-order valence-electron chi connectivity index (χ0n) is 15.5. The molecule has 0 atom stereocenters. The Morgan fingerprint density at radius 3 is 2.37 bits per heavy atom. The number of aromatic hydroxyl groups is 1. The Bertz CT molecular complexity index is 1060. The van der Waals surface area contributed by atoms with Crippen LogP contribution in [-0.2, 0) is 0 Å². The first-order valence-electron chi connectivity index (χ1n) is 8.42. The van der Waals surface area contributed by atoms with E-state index in [0.29, 0.717) is 17.5 Å². The average molecular weight is 367 g/mol. The summed E-state index contributed by atoms with van der Waals surface area (Å²) >= 11 is 0. The Morgan fingerprint density at radius 2 is 1.70 bits per heavy atom. The minimum Gasteiger partial charge on any atom is -0.508 e. The van der Waals surface area contributed by atoms with Crippen molar-refractivity contribution in [3.05, 3.63) is 56.5 Å². The number of anilines is 5. The van der Waals surface area contributed by atoms with Crippen LogP contribution in [0, 0.1) is 6.92 Å². The highest BCUT2D eigenvalue weighted by Gasteiger charge is 2.25. The highest BCUT2D eigenvalue weighted by molar-refractivity contribution is 5.78. The van der Waals surface area contributed by atoms with Crippen molar-refractivity contribution in [3.63, 3.8) is 0 Å². The monoisotopic (exact) mass is 367 g/mol. The number of nitrogens with one attached hydrogen (secondary N) is 3. The normalized spacial score (nSPS) is 11.4. The lowest BCUT2D eigenvalue weighted by molar-refractivity contribution is 0.471. The van der Waals surface area contributed by atoms with Crippen LogP contribution in [-0.4, -0.2) is 20.6 Å². The minimum atomic E-state index is -0.580. The zero-order valence-corrected chi connectivity index (χ0v) is 15.5. The van der Waals surface area contributed by atoms with Crippen molar-refractivity contribution in [2.24, 2.45) is 0 Å².